The quantitative estimate of drug-likeness (QED) is 0.823. The Kier molecular flexibility index (Phi) is 5.70. The maximum atomic E-state index is 5.82. The van der Waals surface area contributed by atoms with Crippen molar-refractivity contribution < 1.29 is 4.74 Å². The maximum Gasteiger partial charge on any atom is 0.138 e. The van der Waals surface area contributed by atoms with Gasteiger partial charge in [0.2, 0.25) is 0 Å². The van der Waals surface area contributed by atoms with E-state index in [0.717, 1.165) is 24.3 Å². The highest BCUT2D eigenvalue weighted by molar-refractivity contribution is 5.45. The van der Waals surface area contributed by atoms with Gasteiger partial charge in [0.15, 0.2) is 0 Å². The zero-order chi connectivity index (χ0) is 12.7. The smallest absolute Gasteiger partial charge is 0.138 e. The highest BCUT2D eigenvalue weighted by atomic mass is 16.5. The standard InChI is InChI=1S/C14H22N2O/c1-4-12(15)6-5-7-13-8-9-14(10-16-13)17-11(2)3/h5,7-12H,4,6,15H2,1-3H3. The zero-order valence-corrected chi connectivity index (χ0v) is 10.9. The summed E-state index contributed by atoms with van der Waals surface area (Å²) in [5.74, 6) is 0.808. The lowest BCUT2D eigenvalue weighted by atomic mass is 10.1. The second kappa shape index (κ2) is 7.07. The van der Waals surface area contributed by atoms with Gasteiger partial charge in [0, 0.05) is 6.04 Å². The summed E-state index contributed by atoms with van der Waals surface area (Å²) >= 11 is 0. The molecule has 0 aromatic carbocycles. The van der Waals surface area contributed by atoms with Crippen LogP contribution in [0.3, 0.4) is 0 Å². The van der Waals surface area contributed by atoms with Gasteiger partial charge < -0.3 is 10.5 Å². The molecule has 1 heterocycles. The highest BCUT2D eigenvalue weighted by Gasteiger charge is 1.98. The lowest BCUT2D eigenvalue weighted by Crippen LogP contribution is -2.16. The highest BCUT2D eigenvalue weighted by Crippen LogP contribution is 2.12. The first-order chi connectivity index (χ1) is 8.11. The van der Waals surface area contributed by atoms with Crippen LogP contribution in [0.5, 0.6) is 5.75 Å². The molecule has 0 aliphatic rings. The zero-order valence-electron chi connectivity index (χ0n) is 10.9. The molecule has 0 aliphatic carbocycles. The van der Waals surface area contributed by atoms with Gasteiger partial charge in [-0.15, -0.1) is 0 Å². The molecule has 0 amide bonds. The van der Waals surface area contributed by atoms with Crippen LogP contribution in [0.1, 0.15) is 39.3 Å². The van der Waals surface area contributed by atoms with Crippen LogP contribution in [-0.2, 0) is 0 Å². The summed E-state index contributed by atoms with van der Waals surface area (Å²) in [6.45, 7) is 6.09. The number of aromatic nitrogens is 1. The summed E-state index contributed by atoms with van der Waals surface area (Å²) < 4.78 is 5.52. The molecular weight excluding hydrogens is 212 g/mol. The van der Waals surface area contributed by atoms with E-state index in [1.54, 1.807) is 6.20 Å². The Balaban J connectivity index is 2.50. The first-order valence-electron chi connectivity index (χ1n) is 6.16. The fraction of sp³-hybridized carbons (Fsp3) is 0.500. The van der Waals surface area contributed by atoms with Crippen LogP contribution in [0.25, 0.3) is 6.08 Å². The van der Waals surface area contributed by atoms with Gasteiger partial charge in [-0.1, -0.05) is 13.0 Å². The van der Waals surface area contributed by atoms with Crippen molar-refractivity contribution in [2.24, 2.45) is 5.73 Å². The van der Waals surface area contributed by atoms with E-state index in [9.17, 15) is 0 Å². The lowest BCUT2D eigenvalue weighted by Gasteiger charge is -2.08. The molecule has 0 fully saturated rings. The first kappa shape index (κ1) is 13.7. The molecule has 0 bridgehead atoms. The Morgan fingerprint density at radius 2 is 2.18 bits per heavy atom. The molecule has 1 unspecified atom stereocenters. The molecule has 0 saturated heterocycles. The molecular formula is C14H22N2O. The number of hydrogen-bond donors (Lipinski definition) is 1. The van der Waals surface area contributed by atoms with Crippen LogP contribution in [-0.4, -0.2) is 17.1 Å². The number of pyridine rings is 1. The summed E-state index contributed by atoms with van der Waals surface area (Å²) in [6.07, 6.45) is 7.88. The third-order valence-electron chi connectivity index (χ3n) is 2.38. The molecule has 0 spiro atoms. The number of nitrogens with two attached hydrogens (primary N) is 1. The van der Waals surface area contributed by atoms with Crippen molar-refractivity contribution in [1.29, 1.82) is 0 Å². The molecule has 3 nitrogen and oxygen atoms in total. The first-order valence-corrected chi connectivity index (χ1v) is 6.16. The molecule has 1 atom stereocenters. The van der Waals surface area contributed by atoms with Crippen LogP contribution in [0, 0.1) is 0 Å². The minimum Gasteiger partial charge on any atom is -0.489 e. The average Bonchev–Trinajstić information content (AvgIpc) is 2.30. The Bertz CT molecular complexity index is 344. The van der Waals surface area contributed by atoms with Gasteiger partial charge in [-0.05, 0) is 44.9 Å². The predicted octanol–water partition coefficient (Wildman–Crippen LogP) is 3.01. The summed E-state index contributed by atoms with van der Waals surface area (Å²) in [4.78, 5) is 4.30. The van der Waals surface area contributed by atoms with Gasteiger partial charge in [-0.3, -0.25) is 4.98 Å². The van der Waals surface area contributed by atoms with Crippen LogP contribution in [0.2, 0.25) is 0 Å². The van der Waals surface area contributed by atoms with Crippen molar-refractivity contribution in [1.82, 2.24) is 4.98 Å². The van der Waals surface area contributed by atoms with Gasteiger partial charge in [-0.2, -0.15) is 0 Å². The van der Waals surface area contributed by atoms with Crippen molar-refractivity contribution in [3.63, 3.8) is 0 Å². The van der Waals surface area contributed by atoms with E-state index >= 15 is 0 Å². The van der Waals surface area contributed by atoms with E-state index in [0.29, 0.717) is 0 Å². The maximum absolute atomic E-state index is 5.82. The molecule has 0 radical (unpaired) electrons. The second-order valence-corrected chi connectivity index (χ2v) is 4.39. The van der Waals surface area contributed by atoms with Gasteiger partial charge in [0.1, 0.15) is 5.75 Å². The van der Waals surface area contributed by atoms with Crippen LogP contribution in [0.15, 0.2) is 24.4 Å². The van der Waals surface area contributed by atoms with Crippen molar-refractivity contribution >= 4 is 6.08 Å². The minimum atomic E-state index is 0.181. The molecule has 94 valence electrons. The van der Waals surface area contributed by atoms with E-state index in [1.165, 1.54) is 0 Å². The van der Waals surface area contributed by atoms with E-state index in [-0.39, 0.29) is 12.1 Å². The summed E-state index contributed by atoms with van der Waals surface area (Å²) in [5, 5.41) is 0. The van der Waals surface area contributed by atoms with Gasteiger partial charge in [-0.25, -0.2) is 0 Å². The Hall–Kier alpha value is -1.35. The Labute approximate surface area is 104 Å². The van der Waals surface area contributed by atoms with Crippen molar-refractivity contribution in [3.05, 3.63) is 30.1 Å². The third kappa shape index (κ3) is 5.50. The molecule has 0 saturated carbocycles. The van der Waals surface area contributed by atoms with Crippen molar-refractivity contribution in [2.45, 2.75) is 45.8 Å². The monoisotopic (exact) mass is 234 g/mol. The minimum absolute atomic E-state index is 0.181. The van der Waals surface area contributed by atoms with E-state index in [4.69, 9.17) is 10.5 Å². The molecule has 1 aromatic heterocycles. The molecule has 17 heavy (non-hydrogen) atoms. The SMILES string of the molecule is CCC(N)CC=Cc1ccc(OC(C)C)cn1. The average molecular weight is 234 g/mol. The summed E-state index contributed by atoms with van der Waals surface area (Å²) in [6, 6.07) is 4.13. The number of hydrogen-bond acceptors (Lipinski definition) is 3. The molecule has 0 aliphatic heterocycles. The number of nitrogens with zero attached hydrogens (tertiary/aromatic N) is 1. The molecule has 1 aromatic rings. The van der Waals surface area contributed by atoms with Gasteiger partial charge in [0.25, 0.3) is 0 Å². The van der Waals surface area contributed by atoms with Gasteiger partial charge >= 0.3 is 0 Å². The number of rotatable bonds is 6. The van der Waals surface area contributed by atoms with Crippen molar-refractivity contribution in [3.8, 4) is 5.75 Å². The second-order valence-electron chi connectivity index (χ2n) is 4.39. The van der Waals surface area contributed by atoms with Crippen LogP contribution in [0.4, 0.5) is 0 Å². The fourth-order valence-electron chi connectivity index (χ4n) is 1.36. The van der Waals surface area contributed by atoms with Gasteiger partial charge in [0.05, 0.1) is 18.0 Å². The molecule has 3 heteroatoms. The molecule has 2 N–H and O–H groups in total. The summed E-state index contributed by atoms with van der Waals surface area (Å²) in [5.41, 5.74) is 6.76. The third-order valence-corrected chi connectivity index (χ3v) is 2.38. The van der Waals surface area contributed by atoms with Crippen LogP contribution >= 0.6 is 0 Å². The topological polar surface area (TPSA) is 48.1 Å². The Morgan fingerprint density at radius 1 is 1.41 bits per heavy atom. The predicted molar refractivity (Wildman–Crippen MR) is 71.9 cm³/mol. The van der Waals surface area contributed by atoms with E-state index < -0.39 is 0 Å². The van der Waals surface area contributed by atoms with Crippen molar-refractivity contribution in [2.75, 3.05) is 0 Å². The Morgan fingerprint density at radius 3 is 2.71 bits per heavy atom. The normalized spacial score (nSPS) is 13.2. The van der Waals surface area contributed by atoms with Crippen LogP contribution < -0.4 is 10.5 Å². The lowest BCUT2D eigenvalue weighted by molar-refractivity contribution is 0.241. The largest absolute Gasteiger partial charge is 0.489 e. The fourth-order valence-corrected chi connectivity index (χ4v) is 1.36. The van der Waals surface area contributed by atoms with E-state index in [1.807, 2.05) is 32.1 Å². The number of ether oxygens (including phenoxy) is 1. The molecule has 1 rings (SSSR count). The summed E-state index contributed by atoms with van der Waals surface area (Å²) in [7, 11) is 0. The van der Waals surface area contributed by atoms with E-state index in [2.05, 4.69) is 18.0 Å².